The number of benzene rings is 2. The molecule has 6 heteroatoms. The molecule has 0 bridgehead atoms. The zero-order valence-corrected chi connectivity index (χ0v) is 16.6. The number of halogens is 1. The van der Waals surface area contributed by atoms with Gasteiger partial charge >= 0.3 is 0 Å². The summed E-state index contributed by atoms with van der Waals surface area (Å²) in [6.45, 7) is 3.82. The number of nitrogens with zero attached hydrogens (tertiary/aromatic N) is 1. The highest BCUT2D eigenvalue weighted by Gasteiger charge is 2.48. The monoisotopic (exact) mass is 407 g/mol. The fourth-order valence-corrected chi connectivity index (χ4v) is 3.78. The number of rotatable bonds is 3. The number of hydrogen-bond donors (Lipinski definition) is 1. The van der Waals surface area contributed by atoms with Gasteiger partial charge in [-0.15, -0.1) is 0 Å². The fraction of sp³-hybridized carbons (Fsp3) is 0.130. The minimum Gasteiger partial charge on any atom is -0.507 e. The molecule has 3 aromatic rings. The lowest BCUT2D eigenvalue weighted by molar-refractivity contribution is -0.132. The normalized spacial score (nSPS) is 18.4. The van der Waals surface area contributed by atoms with Crippen molar-refractivity contribution in [1.82, 2.24) is 0 Å². The molecule has 1 aromatic heterocycles. The van der Waals surface area contributed by atoms with Crippen LogP contribution in [0.3, 0.4) is 0 Å². The average Bonchev–Trinajstić information content (AvgIpc) is 3.31. The van der Waals surface area contributed by atoms with Crippen LogP contribution in [-0.4, -0.2) is 16.8 Å². The lowest BCUT2D eigenvalue weighted by Gasteiger charge is -2.25. The number of carbonyl (C=O) groups is 2. The van der Waals surface area contributed by atoms with E-state index in [-0.39, 0.29) is 11.3 Å². The molecule has 2 heterocycles. The summed E-state index contributed by atoms with van der Waals surface area (Å²) in [5.41, 5.74) is 2.77. The largest absolute Gasteiger partial charge is 0.507 e. The molecule has 5 nitrogen and oxygen atoms in total. The van der Waals surface area contributed by atoms with Gasteiger partial charge in [-0.25, -0.2) is 0 Å². The molecule has 29 heavy (non-hydrogen) atoms. The lowest BCUT2D eigenvalue weighted by atomic mass is 9.98. The summed E-state index contributed by atoms with van der Waals surface area (Å²) < 4.78 is 5.56. The van der Waals surface area contributed by atoms with Gasteiger partial charge in [-0.2, -0.15) is 0 Å². The highest BCUT2D eigenvalue weighted by Crippen LogP contribution is 2.43. The number of ketones is 1. The highest BCUT2D eigenvalue weighted by molar-refractivity contribution is 6.51. The van der Waals surface area contributed by atoms with Crippen LogP contribution in [0.25, 0.3) is 5.76 Å². The predicted molar refractivity (Wildman–Crippen MR) is 111 cm³/mol. The second-order valence-corrected chi connectivity index (χ2v) is 7.35. The summed E-state index contributed by atoms with van der Waals surface area (Å²) in [5.74, 6) is -1.40. The standard InChI is InChI=1S/C23H18ClNO4/c1-13-6-3-9-17(14(13)2)25-20(18-10-5-11-29-18)19(22(27)23(25)28)21(26)15-7-4-8-16(24)12-15/h3-12,20,26H,1-2H3/b21-19-. The van der Waals surface area contributed by atoms with Crippen molar-refractivity contribution in [3.63, 3.8) is 0 Å². The van der Waals surface area contributed by atoms with E-state index in [0.717, 1.165) is 11.1 Å². The quantitative estimate of drug-likeness (QED) is 0.369. The molecule has 0 radical (unpaired) electrons. The number of aryl methyl sites for hydroxylation is 1. The van der Waals surface area contributed by atoms with Crippen molar-refractivity contribution in [3.8, 4) is 0 Å². The van der Waals surface area contributed by atoms with Gasteiger partial charge in [0, 0.05) is 16.3 Å². The Labute approximate surface area is 172 Å². The molecule has 1 N–H and O–H groups in total. The Hall–Kier alpha value is -3.31. The third kappa shape index (κ3) is 3.13. The van der Waals surface area contributed by atoms with E-state index >= 15 is 0 Å². The first-order valence-electron chi connectivity index (χ1n) is 9.06. The van der Waals surface area contributed by atoms with Gasteiger partial charge in [-0.05, 0) is 55.3 Å². The molecular formula is C23H18ClNO4. The topological polar surface area (TPSA) is 70.8 Å². The predicted octanol–water partition coefficient (Wildman–Crippen LogP) is 5.18. The summed E-state index contributed by atoms with van der Waals surface area (Å²) in [4.78, 5) is 27.4. The van der Waals surface area contributed by atoms with Crippen molar-refractivity contribution in [1.29, 1.82) is 0 Å². The molecule has 1 unspecified atom stereocenters. The van der Waals surface area contributed by atoms with Crippen LogP contribution in [0.15, 0.2) is 70.9 Å². The van der Waals surface area contributed by atoms with Gasteiger partial charge in [0.25, 0.3) is 11.7 Å². The van der Waals surface area contributed by atoms with Crippen molar-refractivity contribution in [2.24, 2.45) is 0 Å². The molecule has 2 aromatic carbocycles. The Balaban J connectivity index is 1.97. The Morgan fingerprint density at radius 2 is 1.83 bits per heavy atom. The minimum absolute atomic E-state index is 0.0341. The van der Waals surface area contributed by atoms with Crippen LogP contribution in [-0.2, 0) is 9.59 Å². The van der Waals surface area contributed by atoms with Crippen LogP contribution in [0.2, 0.25) is 5.02 Å². The molecule has 1 aliphatic heterocycles. The molecule has 1 atom stereocenters. The van der Waals surface area contributed by atoms with E-state index in [4.69, 9.17) is 16.0 Å². The Morgan fingerprint density at radius 1 is 1.07 bits per heavy atom. The Bertz CT molecular complexity index is 1150. The Morgan fingerprint density at radius 3 is 2.52 bits per heavy atom. The van der Waals surface area contributed by atoms with Crippen molar-refractivity contribution < 1.29 is 19.1 Å². The van der Waals surface area contributed by atoms with Gasteiger partial charge in [-0.1, -0.05) is 35.9 Å². The molecule has 1 fully saturated rings. The number of furan rings is 1. The third-order valence-electron chi connectivity index (χ3n) is 5.19. The van der Waals surface area contributed by atoms with E-state index in [1.807, 2.05) is 26.0 Å². The Kier molecular flexibility index (Phi) is 4.76. The van der Waals surface area contributed by atoms with Crippen LogP contribution in [0.1, 0.15) is 28.5 Å². The number of Topliss-reactive ketones (excluding diaryl/α,β-unsaturated/α-hetero) is 1. The van der Waals surface area contributed by atoms with E-state index in [2.05, 4.69) is 0 Å². The van der Waals surface area contributed by atoms with E-state index in [1.54, 1.807) is 42.5 Å². The smallest absolute Gasteiger partial charge is 0.300 e. The van der Waals surface area contributed by atoms with Crippen LogP contribution in [0.5, 0.6) is 0 Å². The summed E-state index contributed by atoms with van der Waals surface area (Å²) in [7, 11) is 0. The number of amides is 1. The maximum Gasteiger partial charge on any atom is 0.300 e. The molecule has 0 spiro atoms. The molecule has 146 valence electrons. The first-order valence-corrected chi connectivity index (χ1v) is 9.44. The summed E-state index contributed by atoms with van der Waals surface area (Å²) in [5, 5.41) is 11.4. The number of hydrogen-bond acceptors (Lipinski definition) is 4. The van der Waals surface area contributed by atoms with Crippen molar-refractivity contribution in [2.75, 3.05) is 4.90 Å². The maximum atomic E-state index is 13.1. The van der Waals surface area contributed by atoms with Gasteiger partial charge in [0.05, 0.1) is 11.8 Å². The van der Waals surface area contributed by atoms with Crippen LogP contribution in [0.4, 0.5) is 5.69 Å². The lowest BCUT2D eigenvalue weighted by Crippen LogP contribution is -2.30. The summed E-state index contributed by atoms with van der Waals surface area (Å²) in [6.07, 6.45) is 1.47. The first-order chi connectivity index (χ1) is 13.9. The van der Waals surface area contributed by atoms with E-state index in [0.29, 0.717) is 22.0 Å². The van der Waals surface area contributed by atoms with E-state index in [1.165, 1.54) is 11.2 Å². The van der Waals surface area contributed by atoms with E-state index < -0.39 is 17.7 Å². The molecule has 0 aliphatic carbocycles. The fourth-order valence-electron chi connectivity index (χ4n) is 3.58. The van der Waals surface area contributed by atoms with Crippen LogP contribution < -0.4 is 4.90 Å². The van der Waals surface area contributed by atoms with Gasteiger partial charge in [0.15, 0.2) is 0 Å². The van der Waals surface area contributed by atoms with Crippen molar-refractivity contribution in [2.45, 2.75) is 19.9 Å². The summed E-state index contributed by atoms with van der Waals surface area (Å²) in [6, 6.07) is 14.5. The maximum absolute atomic E-state index is 13.1. The molecule has 1 aliphatic rings. The third-order valence-corrected chi connectivity index (χ3v) is 5.43. The average molecular weight is 408 g/mol. The zero-order chi connectivity index (χ0) is 20.7. The number of aliphatic hydroxyl groups is 1. The van der Waals surface area contributed by atoms with Gasteiger partial charge in [0.1, 0.15) is 17.6 Å². The van der Waals surface area contributed by atoms with Gasteiger partial charge in [0.2, 0.25) is 0 Å². The molecule has 1 amide bonds. The highest BCUT2D eigenvalue weighted by atomic mass is 35.5. The van der Waals surface area contributed by atoms with Crippen LogP contribution in [0, 0.1) is 13.8 Å². The van der Waals surface area contributed by atoms with Gasteiger partial charge in [-0.3, -0.25) is 14.5 Å². The zero-order valence-electron chi connectivity index (χ0n) is 15.8. The number of carbonyl (C=O) groups excluding carboxylic acids is 2. The second-order valence-electron chi connectivity index (χ2n) is 6.91. The SMILES string of the molecule is Cc1cccc(N2C(=O)C(=O)/C(=C(\O)c3cccc(Cl)c3)C2c2ccco2)c1C. The molecule has 0 saturated carbocycles. The van der Waals surface area contributed by atoms with Gasteiger partial charge < -0.3 is 9.52 Å². The molecule has 4 rings (SSSR count). The number of aliphatic hydroxyl groups excluding tert-OH is 1. The minimum atomic E-state index is -0.885. The van der Waals surface area contributed by atoms with E-state index in [9.17, 15) is 14.7 Å². The van der Waals surface area contributed by atoms with Crippen molar-refractivity contribution >= 4 is 34.7 Å². The first kappa shape index (κ1) is 19.0. The van der Waals surface area contributed by atoms with Crippen molar-refractivity contribution in [3.05, 3.63) is 93.9 Å². The summed E-state index contributed by atoms with van der Waals surface area (Å²) >= 11 is 6.04. The molecular weight excluding hydrogens is 390 g/mol. The van der Waals surface area contributed by atoms with Crippen LogP contribution >= 0.6 is 11.6 Å². The second kappa shape index (κ2) is 7.26. The molecule has 1 saturated heterocycles. The number of anilines is 1.